The van der Waals surface area contributed by atoms with Crippen LogP contribution in [0, 0.1) is 11.3 Å². The molecule has 1 amide bonds. The van der Waals surface area contributed by atoms with Gasteiger partial charge in [0.25, 0.3) is 0 Å². The lowest BCUT2D eigenvalue weighted by molar-refractivity contribution is -0.139. The Bertz CT molecular complexity index is 1240. The summed E-state index contributed by atoms with van der Waals surface area (Å²) in [5.74, 6) is 1.09. The summed E-state index contributed by atoms with van der Waals surface area (Å²) in [6, 6.07) is 17.9. The molecule has 0 spiro atoms. The van der Waals surface area contributed by atoms with Crippen LogP contribution in [0.4, 0.5) is 0 Å². The first-order valence-corrected chi connectivity index (χ1v) is 12.8. The van der Waals surface area contributed by atoms with E-state index in [4.69, 9.17) is 10.00 Å². The molecule has 9 heteroatoms. The number of nitriles is 1. The maximum atomic E-state index is 13.9. The van der Waals surface area contributed by atoms with Gasteiger partial charge in [-0.3, -0.25) is 9.69 Å². The van der Waals surface area contributed by atoms with E-state index >= 15 is 0 Å². The van der Waals surface area contributed by atoms with Gasteiger partial charge < -0.3 is 14.2 Å². The number of methoxy groups -OCH3 is 1. The van der Waals surface area contributed by atoms with Gasteiger partial charge in [-0.2, -0.15) is 5.26 Å². The number of rotatable bonds is 7. The highest BCUT2D eigenvalue weighted by molar-refractivity contribution is 5.89. The van der Waals surface area contributed by atoms with E-state index in [1.807, 2.05) is 48.9 Å². The molecule has 2 aromatic carbocycles. The van der Waals surface area contributed by atoms with Crippen LogP contribution in [-0.2, 0) is 23.3 Å². The Labute approximate surface area is 237 Å². The van der Waals surface area contributed by atoms with Gasteiger partial charge in [0.05, 0.1) is 36.2 Å². The third-order valence-corrected chi connectivity index (χ3v) is 7.77. The number of ether oxygens (including phenoxy) is 1. The second-order valence-electron chi connectivity index (χ2n) is 9.91. The van der Waals surface area contributed by atoms with E-state index < -0.39 is 5.41 Å². The molecule has 2 heterocycles. The van der Waals surface area contributed by atoms with Gasteiger partial charge in [-0.15, -0.1) is 24.8 Å². The number of nitrogens with zero attached hydrogens (tertiary/aromatic N) is 5. The second-order valence-corrected chi connectivity index (χ2v) is 9.91. The third kappa shape index (κ3) is 6.15. The summed E-state index contributed by atoms with van der Waals surface area (Å²) in [6.07, 6.45) is 7.79. The fourth-order valence-electron chi connectivity index (χ4n) is 5.67. The highest BCUT2D eigenvalue weighted by atomic mass is 35.5. The molecule has 1 aliphatic heterocycles. The normalized spacial score (nSPS) is 16.7. The van der Waals surface area contributed by atoms with Gasteiger partial charge in [-0.25, -0.2) is 4.98 Å². The summed E-state index contributed by atoms with van der Waals surface area (Å²) in [6.45, 7) is 4.72. The molecule has 7 nitrogen and oxygen atoms in total. The molecular formula is C29H35Cl2N5O2. The maximum absolute atomic E-state index is 13.9. The Morgan fingerprint density at radius 1 is 1.03 bits per heavy atom. The molecule has 1 saturated heterocycles. The Morgan fingerprint density at radius 2 is 1.74 bits per heavy atom. The van der Waals surface area contributed by atoms with Gasteiger partial charge in [0.1, 0.15) is 5.75 Å². The predicted octanol–water partition coefficient (Wildman–Crippen LogP) is 4.81. The SMILES string of the molecule is COc1cccc(C2(C(=O)N3CCN(Cc4cncn4Cc4ccc(C#N)cc4)CC3)CCCC2)c1.Cl.Cl. The van der Waals surface area contributed by atoms with Crippen molar-refractivity contribution in [2.45, 2.75) is 44.2 Å². The smallest absolute Gasteiger partial charge is 0.233 e. The number of halogens is 2. The van der Waals surface area contributed by atoms with E-state index in [0.717, 1.165) is 87.5 Å². The molecular weight excluding hydrogens is 521 g/mol. The topological polar surface area (TPSA) is 74.4 Å². The van der Waals surface area contributed by atoms with Gasteiger partial charge in [0.15, 0.2) is 0 Å². The van der Waals surface area contributed by atoms with Crippen LogP contribution in [-0.4, -0.2) is 58.5 Å². The van der Waals surface area contributed by atoms with Crippen molar-refractivity contribution >= 4 is 30.7 Å². The Kier molecular flexibility index (Phi) is 10.2. The number of carbonyl (C=O) groups excluding carboxylic acids is 1. The molecule has 1 aromatic heterocycles. The first-order valence-electron chi connectivity index (χ1n) is 12.8. The van der Waals surface area contributed by atoms with Crippen molar-refractivity contribution in [2.24, 2.45) is 0 Å². The number of hydrogen-bond donors (Lipinski definition) is 0. The third-order valence-electron chi connectivity index (χ3n) is 7.77. The van der Waals surface area contributed by atoms with Crippen molar-refractivity contribution in [3.05, 3.63) is 83.4 Å². The van der Waals surface area contributed by atoms with Gasteiger partial charge in [-0.05, 0) is 48.2 Å². The van der Waals surface area contributed by atoms with Gasteiger partial charge in [0, 0.05) is 45.5 Å². The van der Waals surface area contributed by atoms with Crippen LogP contribution >= 0.6 is 24.8 Å². The van der Waals surface area contributed by atoms with Crippen LogP contribution in [0.1, 0.15) is 48.1 Å². The molecule has 1 aliphatic carbocycles. The Balaban J connectivity index is 0.00000200. The summed E-state index contributed by atoms with van der Waals surface area (Å²) in [5.41, 5.74) is 3.64. The molecule has 0 radical (unpaired) electrons. The minimum Gasteiger partial charge on any atom is -0.497 e. The molecule has 0 unspecified atom stereocenters. The highest BCUT2D eigenvalue weighted by Crippen LogP contribution is 2.43. The molecule has 2 aliphatic rings. The van der Waals surface area contributed by atoms with Gasteiger partial charge in [0.2, 0.25) is 5.91 Å². The lowest BCUT2D eigenvalue weighted by Crippen LogP contribution is -2.53. The van der Waals surface area contributed by atoms with Crippen molar-refractivity contribution in [2.75, 3.05) is 33.3 Å². The van der Waals surface area contributed by atoms with E-state index in [1.54, 1.807) is 7.11 Å². The Morgan fingerprint density at radius 3 is 2.39 bits per heavy atom. The molecule has 0 bridgehead atoms. The fraction of sp³-hybridized carbons (Fsp3) is 0.414. The zero-order valence-corrected chi connectivity index (χ0v) is 23.3. The first kappa shape index (κ1) is 29.5. The van der Waals surface area contributed by atoms with Crippen molar-refractivity contribution in [3.8, 4) is 11.8 Å². The average Bonchev–Trinajstić information content (AvgIpc) is 3.60. The first-order chi connectivity index (χ1) is 17.6. The zero-order chi connectivity index (χ0) is 25.0. The average molecular weight is 557 g/mol. The van der Waals surface area contributed by atoms with Crippen molar-refractivity contribution in [1.29, 1.82) is 5.26 Å². The number of piperazine rings is 1. The van der Waals surface area contributed by atoms with E-state index in [0.29, 0.717) is 5.56 Å². The lowest BCUT2D eigenvalue weighted by atomic mass is 9.77. The van der Waals surface area contributed by atoms with E-state index in [1.165, 1.54) is 0 Å². The molecule has 0 N–H and O–H groups in total. The number of benzene rings is 2. The molecule has 3 aromatic rings. The fourth-order valence-corrected chi connectivity index (χ4v) is 5.67. The standard InChI is InChI=1S/C29H33N5O2.2ClH/c1-36-27-6-4-5-25(17-27)29(11-2-3-12-29)28(35)33-15-13-32(14-16-33)21-26-19-31-22-34(26)20-24-9-7-23(18-30)8-10-24;;/h4-10,17,19,22H,2-3,11-16,20-21H2,1H3;2*1H. The van der Waals surface area contributed by atoms with Gasteiger partial charge in [-0.1, -0.05) is 37.1 Å². The monoisotopic (exact) mass is 555 g/mol. The van der Waals surface area contributed by atoms with Crippen LogP contribution < -0.4 is 4.74 Å². The zero-order valence-electron chi connectivity index (χ0n) is 21.7. The number of aromatic nitrogens is 2. The van der Waals surface area contributed by atoms with Crippen LogP contribution in [0.2, 0.25) is 0 Å². The summed E-state index contributed by atoms with van der Waals surface area (Å²) in [5, 5.41) is 9.02. The number of carbonyl (C=O) groups is 1. The summed E-state index contributed by atoms with van der Waals surface area (Å²) < 4.78 is 7.62. The number of hydrogen-bond acceptors (Lipinski definition) is 5. The molecule has 2 fully saturated rings. The van der Waals surface area contributed by atoms with Crippen LogP contribution in [0.5, 0.6) is 5.75 Å². The summed E-state index contributed by atoms with van der Waals surface area (Å²) >= 11 is 0. The van der Waals surface area contributed by atoms with E-state index in [2.05, 4.69) is 37.6 Å². The number of imidazole rings is 1. The maximum Gasteiger partial charge on any atom is 0.233 e. The molecule has 5 rings (SSSR count). The van der Waals surface area contributed by atoms with E-state index in [-0.39, 0.29) is 30.7 Å². The highest BCUT2D eigenvalue weighted by Gasteiger charge is 2.45. The van der Waals surface area contributed by atoms with Crippen LogP contribution in [0.25, 0.3) is 0 Å². The largest absolute Gasteiger partial charge is 0.497 e. The molecule has 38 heavy (non-hydrogen) atoms. The second kappa shape index (κ2) is 13.1. The van der Waals surface area contributed by atoms with Crippen molar-refractivity contribution < 1.29 is 9.53 Å². The predicted molar refractivity (Wildman–Crippen MR) is 152 cm³/mol. The number of amides is 1. The Hall–Kier alpha value is -3.05. The van der Waals surface area contributed by atoms with Crippen LogP contribution in [0.3, 0.4) is 0 Å². The minimum atomic E-state index is -0.420. The van der Waals surface area contributed by atoms with E-state index in [9.17, 15) is 4.79 Å². The molecule has 202 valence electrons. The van der Waals surface area contributed by atoms with Crippen molar-refractivity contribution in [3.63, 3.8) is 0 Å². The van der Waals surface area contributed by atoms with Crippen LogP contribution in [0.15, 0.2) is 61.1 Å². The quantitative estimate of drug-likeness (QED) is 0.418. The minimum absolute atomic E-state index is 0. The summed E-state index contributed by atoms with van der Waals surface area (Å²) in [4.78, 5) is 22.7. The summed E-state index contributed by atoms with van der Waals surface area (Å²) in [7, 11) is 1.68. The van der Waals surface area contributed by atoms with Gasteiger partial charge >= 0.3 is 0 Å². The molecule has 1 saturated carbocycles. The lowest BCUT2D eigenvalue weighted by Gasteiger charge is -2.40. The van der Waals surface area contributed by atoms with Crippen molar-refractivity contribution in [1.82, 2.24) is 19.4 Å². The molecule has 0 atom stereocenters.